The molecule has 3 aromatic carbocycles. The van der Waals surface area contributed by atoms with Gasteiger partial charge in [0.05, 0.1) is 5.56 Å². The highest BCUT2D eigenvalue weighted by Crippen LogP contribution is 2.33. The molecule has 0 bridgehead atoms. The number of rotatable bonds is 4. The largest absolute Gasteiger partial charge is 0.416 e. The first-order chi connectivity index (χ1) is 14.2. The molecule has 0 spiro atoms. The van der Waals surface area contributed by atoms with Gasteiger partial charge in [-0.3, -0.25) is 4.79 Å². The third-order valence-corrected chi connectivity index (χ3v) is 5.82. The Hall–Kier alpha value is -2.86. The van der Waals surface area contributed by atoms with Crippen LogP contribution in [0.5, 0.6) is 0 Å². The number of benzene rings is 3. The minimum atomic E-state index is -4.36. The SMILES string of the molecule is C[C@@H](NC(=O)c1ccc2c(-c3ccc(C(F)(F)F)cc3)cccc2c1)C1CN(C)C1. The molecule has 1 fully saturated rings. The monoisotopic (exact) mass is 412 g/mol. The molecular weight excluding hydrogens is 389 g/mol. The molecule has 0 unspecified atom stereocenters. The molecule has 4 rings (SSSR count). The van der Waals surface area contributed by atoms with Crippen LogP contribution in [0.25, 0.3) is 21.9 Å². The predicted molar refractivity (Wildman–Crippen MR) is 112 cm³/mol. The topological polar surface area (TPSA) is 32.3 Å². The molecule has 1 N–H and O–H groups in total. The van der Waals surface area contributed by atoms with Crippen LogP contribution in [0.2, 0.25) is 0 Å². The smallest absolute Gasteiger partial charge is 0.349 e. The van der Waals surface area contributed by atoms with E-state index in [1.807, 2.05) is 37.3 Å². The summed E-state index contributed by atoms with van der Waals surface area (Å²) >= 11 is 0. The van der Waals surface area contributed by atoms with Crippen molar-refractivity contribution in [2.75, 3.05) is 20.1 Å². The Bertz CT molecular complexity index is 1070. The zero-order valence-electron chi connectivity index (χ0n) is 16.8. The van der Waals surface area contributed by atoms with Crippen LogP contribution in [0, 0.1) is 5.92 Å². The molecule has 1 atom stereocenters. The summed E-state index contributed by atoms with van der Waals surface area (Å²) in [6.07, 6.45) is -4.36. The fourth-order valence-corrected chi connectivity index (χ4v) is 3.99. The van der Waals surface area contributed by atoms with Crippen LogP contribution in [-0.4, -0.2) is 37.0 Å². The second-order valence-electron chi connectivity index (χ2n) is 8.06. The minimum absolute atomic E-state index is 0.0999. The molecule has 1 saturated heterocycles. The average molecular weight is 412 g/mol. The number of amides is 1. The number of nitrogens with one attached hydrogen (secondary N) is 1. The van der Waals surface area contributed by atoms with E-state index in [4.69, 9.17) is 0 Å². The van der Waals surface area contributed by atoms with E-state index in [1.165, 1.54) is 12.1 Å². The van der Waals surface area contributed by atoms with Crippen LogP contribution in [0.1, 0.15) is 22.8 Å². The van der Waals surface area contributed by atoms with Crippen LogP contribution in [0.3, 0.4) is 0 Å². The molecule has 1 aliphatic rings. The summed E-state index contributed by atoms with van der Waals surface area (Å²) in [5, 5.41) is 4.84. The maximum atomic E-state index is 12.8. The average Bonchev–Trinajstić information content (AvgIpc) is 2.70. The Morgan fingerprint density at radius 3 is 2.40 bits per heavy atom. The summed E-state index contributed by atoms with van der Waals surface area (Å²) in [5.41, 5.74) is 1.44. The highest BCUT2D eigenvalue weighted by atomic mass is 19.4. The van der Waals surface area contributed by atoms with Crippen molar-refractivity contribution < 1.29 is 18.0 Å². The second kappa shape index (κ2) is 7.76. The number of likely N-dealkylation sites (tertiary alicyclic amines) is 1. The van der Waals surface area contributed by atoms with E-state index in [0.717, 1.165) is 41.6 Å². The molecule has 3 nitrogen and oxygen atoms in total. The van der Waals surface area contributed by atoms with Crippen molar-refractivity contribution in [2.45, 2.75) is 19.1 Å². The first-order valence-corrected chi connectivity index (χ1v) is 9.92. The van der Waals surface area contributed by atoms with Gasteiger partial charge in [-0.2, -0.15) is 13.2 Å². The lowest BCUT2D eigenvalue weighted by atomic mass is 9.93. The van der Waals surface area contributed by atoms with Gasteiger partial charge in [-0.25, -0.2) is 0 Å². The number of carbonyl (C=O) groups is 1. The summed E-state index contributed by atoms with van der Waals surface area (Å²) in [6, 6.07) is 16.3. The summed E-state index contributed by atoms with van der Waals surface area (Å²) in [5.74, 6) is 0.351. The van der Waals surface area contributed by atoms with E-state index in [9.17, 15) is 18.0 Å². The van der Waals surface area contributed by atoms with Gasteiger partial charge in [0.15, 0.2) is 0 Å². The highest BCUT2D eigenvalue weighted by Gasteiger charge is 2.30. The molecule has 0 aliphatic carbocycles. The van der Waals surface area contributed by atoms with Crippen molar-refractivity contribution in [2.24, 2.45) is 5.92 Å². The quantitative estimate of drug-likeness (QED) is 0.638. The third kappa shape index (κ3) is 4.05. The lowest BCUT2D eigenvalue weighted by molar-refractivity contribution is -0.137. The molecule has 30 heavy (non-hydrogen) atoms. The van der Waals surface area contributed by atoms with E-state index >= 15 is 0 Å². The molecule has 156 valence electrons. The fourth-order valence-electron chi connectivity index (χ4n) is 3.99. The Kier molecular flexibility index (Phi) is 5.28. The van der Waals surface area contributed by atoms with Crippen LogP contribution < -0.4 is 5.32 Å². The Balaban J connectivity index is 1.58. The maximum Gasteiger partial charge on any atom is 0.416 e. The number of halogens is 3. The molecule has 1 aliphatic heterocycles. The van der Waals surface area contributed by atoms with Gasteiger partial charge in [-0.1, -0.05) is 36.4 Å². The fraction of sp³-hybridized carbons (Fsp3) is 0.292. The molecule has 0 saturated carbocycles. The van der Waals surface area contributed by atoms with Crippen LogP contribution >= 0.6 is 0 Å². The molecule has 1 heterocycles. The van der Waals surface area contributed by atoms with Crippen molar-refractivity contribution in [1.29, 1.82) is 0 Å². The van der Waals surface area contributed by atoms with Crippen LogP contribution in [0.4, 0.5) is 13.2 Å². The lowest BCUT2D eigenvalue weighted by Crippen LogP contribution is -2.53. The summed E-state index contributed by atoms with van der Waals surface area (Å²) in [7, 11) is 2.06. The summed E-state index contributed by atoms with van der Waals surface area (Å²) in [6.45, 7) is 3.99. The van der Waals surface area contributed by atoms with Gasteiger partial charge in [0, 0.05) is 30.6 Å². The number of carbonyl (C=O) groups excluding carboxylic acids is 1. The van der Waals surface area contributed by atoms with E-state index < -0.39 is 11.7 Å². The molecule has 1 amide bonds. The molecule has 0 radical (unpaired) electrons. The normalized spacial score (nSPS) is 16.3. The van der Waals surface area contributed by atoms with Gasteiger partial charge >= 0.3 is 6.18 Å². The van der Waals surface area contributed by atoms with Crippen molar-refractivity contribution >= 4 is 16.7 Å². The molecule has 6 heteroatoms. The number of hydrogen-bond donors (Lipinski definition) is 1. The van der Waals surface area contributed by atoms with Crippen molar-refractivity contribution in [3.63, 3.8) is 0 Å². The predicted octanol–water partition coefficient (Wildman–Crippen LogP) is 5.21. The molecule has 0 aromatic heterocycles. The first-order valence-electron chi connectivity index (χ1n) is 9.92. The standard InChI is InChI=1S/C24H23F3N2O/c1-15(19-13-29(2)14-19)28-23(30)18-8-11-22-17(12-18)4-3-5-21(22)16-6-9-20(10-7-16)24(25,26)27/h3-12,15,19H,13-14H2,1-2H3,(H,28,30)/t15-/m1/s1. The van der Waals surface area contributed by atoms with Gasteiger partial charge in [0.25, 0.3) is 5.91 Å². The summed E-state index contributed by atoms with van der Waals surface area (Å²) < 4.78 is 38.5. The number of alkyl halides is 3. The van der Waals surface area contributed by atoms with Gasteiger partial charge in [0.2, 0.25) is 0 Å². The third-order valence-electron chi connectivity index (χ3n) is 5.82. The number of nitrogens with zero attached hydrogens (tertiary/aromatic N) is 1. The Morgan fingerprint density at radius 2 is 1.77 bits per heavy atom. The van der Waals surface area contributed by atoms with Gasteiger partial charge in [-0.15, -0.1) is 0 Å². The number of hydrogen-bond acceptors (Lipinski definition) is 2. The maximum absolute atomic E-state index is 12.8. The van der Waals surface area contributed by atoms with Crippen LogP contribution in [0.15, 0.2) is 60.7 Å². The highest BCUT2D eigenvalue weighted by molar-refractivity contribution is 6.02. The van der Waals surface area contributed by atoms with Gasteiger partial charge < -0.3 is 10.2 Å². The van der Waals surface area contributed by atoms with E-state index in [2.05, 4.69) is 17.3 Å². The first kappa shape index (κ1) is 20.4. The van der Waals surface area contributed by atoms with Crippen molar-refractivity contribution in [3.05, 3.63) is 71.8 Å². The van der Waals surface area contributed by atoms with E-state index in [-0.39, 0.29) is 11.9 Å². The molecular formula is C24H23F3N2O. The Labute approximate surface area is 173 Å². The summed E-state index contributed by atoms with van der Waals surface area (Å²) in [4.78, 5) is 14.9. The van der Waals surface area contributed by atoms with Gasteiger partial charge in [0.1, 0.15) is 0 Å². The second-order valence-corrected chi connectivity index (χ2v) is 8.06. The zero-order chi connectivity index (χ0) is 21.5. The minimum Gasteiger partial charge on any atom is -0.349 e. The molecule has 3 aromatic rings. The van der Waals surface area contributed by atoms with Crippen LogP contribution in [-0.2, 0) is 6.18 Å². The van der Waals surface area contributed by atoms with E-state index in [1.54, 1.807) is 6.07 Å². The van der Waals surface area contributed by atoms with Crippen molar-refractivity contribution in [1.82, 2.24) is 10.2 Å². The van der Waals surface area contributed by atoms with E-state index in [0.29, 0.717) is 17.0 Å². The number of fused-ring (bicyclic) bond motifs is 1. The van der Waals surface area contributed by atoms with Gasteiger partial charge in [-0.05, 0) is 60.1 Å². The Morgan fingerprint density at radius 1 is 1.07 bits per heavy atom. The zero-order valence-corrected chi connectivity index (χ0v) is 16.8. The van der Waals surface area contributed by atoms with Crippen molar-refractivity contribution in [3.8, 4) is 11.1 Å². The lowest BCUT2D eigenvalue weighted by Gasteiger charge is -2.40.